The van der Waals surface area contributed by atoms with Gasteiger partial charge < -0.3 is 10.0 Å². The van der Waals surface area contributed by atoms with Gasteiger partial charge >= 0.3 is 0 Å². The smallest absolute Gasteiger partial charge is 0.157 e. The van der Waals surface area contributed by atoms with Crippen LogP contribution < -0.4 is 4.90 Å². The predicted molar refractivity (Wildman–Crippen MR) is 85.3 cm³/mol. The number of aromatic amines is 1. The van der Waals surface area contributed by atoms with E-state index in [2.05, 4.69) is 29.5 Å². The minimum Gasteiger partial charge on any atom is -0.393 e. The van der Waals surface area contributed by atoms with Gasteiger partial charge in [0.15, 0.2) is 5.65 Å². The molecule has 1 saturated heterocycles. The largest absolute Gasteiger partial charge is 0.393 e. The fourth-order valence-corrected chi connectivity index (χ4v) is 2.84. The number of H-pyrrole nitrogens is 1. The number of nitrogens with one attached hydrogen (secondary N) is 1. The van der Waals surface area contributed by atoms with Gasteiger partial charge in [0, 0.05) is 24.8 Å². The van der Waals surface area contributed by atoms with E-state index in [1.165, 1.54) is 0 Å². The summed E-state index contributed by atoms with van der Waals surface area (Å²) in [5.74, 6) is 1.01. The SMILES string of the molecule is Cl.OC1CCN(c2cncc3ncc(-c4cn[nH]c4)n23)CC1. The number of nitrogens with zero attached hydrogens (tertiary/aromatic N) is 5. The second-order valence-electron chi connectivity index (χ2n) is 5.31. The fourth-order valence-electron chi connectivity index (χ4n) is 2.84. The average Bonchev–Trinajstić information content (AvgIpc) is 3.16. The lowest BCUT2D eigenvalue weighted by Crippen LogP contribution is -2.36. The van der Waals surface area contributed by atoms with E-state index in [4.69, 9.17) is 0 Å². The number of hydrogen-bond donors (Lipinski definition) is 2. The molecule has 4 heterocycles. The maximum atomic E-state index is 9.68. The summed E-state index contributed by atoms with van der Waals surface area (Å²) in [5, 5.41) is 16.5. The standard InChI is InChI=1S/C14H16N6O.ClH/c21-11-1-3-19(4-2-11)14-9-15-8-13-16-7-12(20(13)14)10-5-17-18-6-10;/h5-9,11,21H,1-4H2,(H,17,18);1H. The number of hydrogen-bond acceptors (Lipinski definition) is 5. The Morgan fingerprint density at radius 3 is 2.68 bits per heavy atom. The monoisotopic (exact) mass is 320 g/mol. The number of piperidine rings is 1. The van der Waals surface area contributed by atoms with Crippen LogP contribution in [0.25, 0.3) is 16.9 Å². The second kappa shape index (κ2) is 5.94. The first-order valence-corrected chi connectivity index (χ1v) is 7.06. The average molecular weight is 321 g/mol. The van der Waals surface area contributed by atoms with E-state index in [9.17, 15) is 5.11 Å². The lowest BCUT2D eigenvalue weighted by Gasteiger charge is -2.31. The van der Waals surface area contributed by atoms with Gasteiger partial charge in [-0.2, -0.15) is 5.10 Å². The van der Waals surface area contributed by atoms with E-state index in [-0.39, 0.29) is 18.5 Å². The summed E-state index contributed by atoms with van der Waals surface area (Å²) in [6.45, 7) is 1.65. The van der Waals surface area contributed by atoms with Gasteiger partial charge in [-0.1, -0.05) is 0 Å². The Labute approximate surface area is 133 Å². The summed E-state index contributed by atoms with van der Waals surface area (Å²) in [6.07, 6.45) is 10.5. The van der Waals surface area contributed by atoms with Gasteiger partial charge in [0.1, 0.15) is 5.82 Å². The van der Waals surface area contributed by atoms with Crippen LogP contribution in [0.3, 0.4) is 0 Å². The molecule has 1 fully saturated rings. The Balaban J connectivity index is 0.00000144. The highest BCUT2D eigenvalue weighted by Gasteiger charge is 2.21. The summed E-state index contributed by atoms with van der Waals surface area (Å²) in [6, 6.07) is 0. The highest BCUT2D eigenvalue weighted by molar-refractivity contribution is 5.85. The third-order valence-corrected chi connectivity index (χ3v) is 3.98. The van der Waals surface area contributed by atoms with Gasteiger partial charge in [0.25, 0.3) is 0 Å². The summed E-state index contributed by atoms with van der Waals surface area (Å²) >= 11 is 0. The van der Waals surface area contributed by atoms with E-state index in [1.54, 1.807) is 12.4 Å². The summed E-state index contributed by atoms with van der Waals surface area (Å²) in [7, 11) is 0. The van der Waals surface area contributed by atoms with Crippen LogP contribution >= 0.6 is 12.4 Å². The first-order chi connectivity index (χ1) is 10.3. The molecule has 3 aromatic heterocycles. The molecule has 0 spiro atoms. The van der Waals surface area contributed by atoms with Crippen molar-refractivity contribution in [1.29, 1.82) is 0 Å². The molecule has 7 nitrogen and oxygen atoms in total. The molecule has 0 unspecified atom stereocenters. The summed E-state index contributed by atoms with van der Waals surface area (Å²) in [5.41, 5.74) is 2.80. The van der Waals surface area contributed by atoms with E-state index < -0.39 is 0 Å². The van der Waals surface area contributed by atoms with Crippen molar-refractivity contribution in [3.8, 4) is 11.3 Å². The van der Waals surface area contributed by atoms with Crippen LogP contribution in [0.15, 0.2) is 31.0 Å². The van der Waals surface area contributed by atoms with E-state index in [1.807, 2.05) is 18.6 Å². The van der Waals surface area contributed by atoms with Crippen LogP contribution in [0.1, 0.15) is 12.8 Å². The Bertz CT molecular complexity index is 748. The van der Waals surface area contributed by atoms with Gasteiger partial charge in [0.05, 0.1) is 36.6 Å². The molecule has 0 bridgehead atoms. The zero-order valence-electron chi connectivity index (χ0n) is 11.9. The number of aliphatic hydroxyl groups excluding tert-OH is 1. The zero-order valence-corrected chi connectivity index (χ0v) is 12.7. The van der Waals surface area contributed by atoms with Gasteiger partial charge in [-0.05, 0) is 12.8 Å². The van der Waals surface area contributed by atoms with Gasteiger partial charge in [-0.3, -0.25) is 14.5 Å². The lowest BCUT2D eigenvalue weighted by molar-refractivity contribution is 0.145. The van der Waals surface area contributed by atoms with Gasteiger partial charge in [-0.25, -0.2) is 4.98 Å². The molecule has 2 N–H and O–H groups in total. The third-order valence-electron chi connectivity index (χ3n) is 3.98. The number of aromatic nitrogens is 5. The molecular weight excluding hydrogens is 304 g/mol. The lowest BCUT2D eigenvalue weighted by atomic mass is 10.1. The predicted octanol–water partition coefficient (Wildman–Crippen LogP) is 1.50. The van der Waals surface area contributed by atoms with E-state index in [0.717, 1.165) is 48.7 Å². The molecule has 22 heavy (non-hydrogen) atoms. The van der Waals surface area contributed by atoms with Crippen LogP contribution in [0, 0.1) is 0 Å². The van der Waals surface area contributed by atoms with Crippen LogP contribution in [-0.2, 0) is 0 Å². The highest BCUT2D eigenvalue weighted by Crippen LogP contribution is 2.26. The molecule has 0 aliphatic carbocycles. The Kier molecular flexibility index (Phi) is 4.00. The molecule has 1 aliphatic rings. The first-order valence-electron chi connectivity index (χ1n) is 7.06. The number of fused-ring (bicyclic) bond motifs is 1. The number of rotatable bonds is 2. The van der Waals surface area contributed by atoms with Crippen molar-refractivity contribution >= 4 is 23.9 Å². The van der Waals surface area contributed by atoms with E-state index >= 15 is 0 Å². The number of halogens is 1. The molecule has 4 rings (SSSR count). The molecule has 0 atom stereocenters. The molecule has 3 aromatic rings. The molecule has 0 amide bonds. The van der Waals surface area contributed by atoms with Gasteiger partial charge in [-0.15, -0.1) is 12.4 Å². The van der Waals surface area contributed by atoms with Crippen LogP contribution in [0.2, 0.25) is 0 Å². The Morgan fingerprint density at radius 2 is 1.95 bits per heavy atom. The quantitative estimate of drug-likeness (QED) is 0.748. The Morgan fingerprint density at radius 1 is 1.14 bits per heavy atom. The highest BCUT2D eigenvalue weighted by atomic mass is 35.5. The molecule has 0 saturated carbocycles. The minimum absolute atomic E-state index is 0. The van der Waals surface area contributed by atoms with Crippen molar-refractivity contribution in [3.05, 3.63) is 31.0 Å². The minimum atomic E-state index is -0.190. The third kappa shape index (κ3) is 2.42. The van der Waals surface area contributed by atoms with Crippen molar-refractivity contribution < 1.29 is 5.11 Å². The second-order valence-corrected chi connectivity index (χ2v) is 5.31. The maximum Gasteiger partial charge on any atom is 0.157 e. The number of anilines is 1. The van der Waals surface area contributed by atoms with Gasteiger partial charge in [0.2, 0.25) is 0 Å². The van der Waals surface area contributed by atoms with Crippen molar-refractivity contribution in [2.75, 3.05) is 18.0 Å². The van der Waals surface area contributed by atoms with Crippen LogP contribution in [0.4, 0.5) is 5.82 Å². The molecule has 8 heteroatoms. The van der Waals surface area contributed by atoms with Crippen molar-refractivity contribution in [3.63, 3.8) is 0 Å². The van der Waals surface area contributed by atoms with Crippen molar-refractivity contribution in [1.82, 2.24) is 24.6 Å². The van der Waals surface area contributed by atoms with Crippen LogP contribution in [-0.4, -0.2) is 48.9 Å². The topological polar surface area (TPSA) is 82.3 Å². The normalized spacial score (nSPS) is 16.0. The molecule has 0 aromatic carbocycles. The number of aliphatic hydroxyl groups is 1. The molecular formula is C14H17ClN6O. The van der Waals surface area contributed by atoms with Crippen molar-refractivity contribution in [2.45, 2.75) is 18.9 Å². The molecule has 1 aliphatic heterocycles. The molecule has 0 radical (unpaired) electrons. The zero-order chi connectivity index (χ0) is 14.2. The Hall–Kier alpha value is -2.12. The first kappa shape index (κ1) is 14.8. The molecule has 116 valence electrons. The van der Waals surface area contributed by atoms with Crippen LogP contribution in [0.5, 0.6) is 0 Å². The number of imidazole rings is 1. The fraction of sp³-hybridized carbons (Fsp3) is 0.357. The summed E-state index contributed by atoms with van der Waals surface area (Å²) < 4.78 is 2.09. The van der Waals surface area contributed by atoms with E-state index in [0.29, 0.717) is 0 Å². The van der Waals surface area contributed by atoms with Crippen molar-refractivity contribution in [2.24, 2.45) is 0 Å². The maximum absolute atomic E-state index is 9.68. The summed E-state index contributed by atoms with van der Waals surface area (Å²) in [4.78, 5) is 11.0.